The summed E-state index contributed by atoms with van der Waals surface area (Å²) in [4.78, 5) is 25.2. The fourth-order valence-electron chi connectivity index (χ4n) is 4.29. The van der Waals surface area contributed by atoms with Gasteiger partial charge in [0.1, 0.15) is 30.0 Å². The van der Waals surface area contributed by atoms with Gasteiger partial charge in [0.25, 0.3) is 0 Å². The van der Waals surface area contributed by atoms with Crippen molar-refractivity contribution in [2.75, 3.05) is 20.8 Å². The monoisotopic (exact) mass is 396 g/mol. The van der Waals surface area contributed by atoms with Gasteiger partial charge in [0.2, 0.25) is 0 Å². The van der Waals surface area contributed by atoms with E-state index in [9.17, 15) is 9.59 Å². The number of ketones is 2. The Labute approximate surface area is 167 Å². The van der Waals surface area contributed by atoms with Gasteiger partial charge in [-0.15, -0.1) is 0 Å². The van der Waals surface area contributed by atoms with Gasteiger partial charge < -0.3 is 23.7 Å². The van der Waals surface area contributed by atoms with Crippen molar-refractivity contribution in [1.82, 2.24) is 0 Å². The van der Waals surface area contributed by atoms with Gasteiger partial charge in [-0.3, -0.25) is 9.59 Å². The molecule has 0 fully saturated rings. The number of methoxy groups -OCH3 is 2. The van der Waals surface area contributed by atoms with Crippen molar-refractivity contribution in [2.24, 2.45) is 0 Å². The summed E-state index contributed by atoms with van der Waals surface area (Å²) in [5.41, 5.74) is 1.99. The summed E-state index contributed by atoms with van der Waals surface area (Å²) >= 11 is 0. The summed E-state index contributed by atoms with van der Waals surface area (Å²) in [5.74, 6) is 2.16. The molecular weight excluding hydrogens is 376 g/mol. The second-order valence-corrected chi connectivity index (χ2v) is 7.39. The van der Waals surface area contributed by atoms with Crippen LogP contribution in [0.1, 0.15) is 34.3 Å². The Morgan fingerprint density at radius 1 is 1.07 bits per heavy atom. The number of fused-ring (bicyclic) bond motifs is 6. The summed E-state index contributed by atoms with van der Waals surface area (Å²) in [6.07, 6.45) is -0.600. The fourth-order valence-corrected chi connectivity index (χ4v) is 4.29. The molecule has 0 radical (unpaired) electrons. The van der Waals surface area contributed by atoms with Gasteiger partial charge in [0.05, 0.1) is 25.7 Å². The predicted molar refractivity (Wildman–Crippen MR) is 102 cm³/mol. The topological polar surface area (TPSA) is 80.3 Å². The Balaban J connectivity index is 1.58. The lowest BCUT2D eigenvalue weighted by Crippen LogP contribution is -2.43. The largest absolute Gasteiger partial charge is 0.493 e. The molecule has 5 rings (SSSR count). The van der Waals surface area contributed by atoms with E-state index in [2.05, 4.69) is 0 Å². The van der Waals surface area contributed by atoms with Crippen molar-refractivity contribution in [2.45, 2.75) is 31.5 Å². The molecule has 0 aromatic heterocycles. The summed E-state index contributed by atoms with van der Waals surface area (Å²) in [6.45, 7) is 1.73. The van der Waals surface area contributed by atoms with Crippen LogP contribution >= 0.6 is 0 Å². The molecule has 150 valence electrons. The number of benzene rings is 2. The SMILES string of the molecule is COc1cc2c(cc1OC)[C@@H]1C(=O)c3ccc4c(c3O[C@H]1CO2)C[C@H](C(C)=O)O4. The molecule has 2 aromatic rings. The quantitative estimate of drug-likeness (QED) is 0.789. The number of carbonyl (C=O) groups excluding carboxylic acids is 2. The standard InChI is InChI=1S/C22H20O7/c1-10(23)15-7-13-14(28-15)5-4-11-21(24)20-12-6-17(25-2)18(26-3)8-16(12)27-9-19(20)29-22(11)13/h4-6,8,15,19-20H,7,9H2,1-3H3/t15-,19+,20+/m1/s1. The van der Waals surface area contributed by atoms with Gasteiger partial charge in [-0.25, -0.2) is 0 Å². The van der Waals surface area contributed by atoms with Crippen LogP contribution in [0.3, 0.4) is 0 Å². The maximum atomic E-state index is 13.5. The third kappa shape index (κ3) is 2.57. The second-order valence-electron chi connectivity index (χ2n) is 7.39. The minimum atomic E-state index is -0.534. The average molecular weight is 396 g/mol. The number of carbonyl (C=O) groups is 2. The molecule has 0 spiro atoms. The van der Waals surface area contributed by atoms with E-state index in [0.717, 1.165) is 5.56 Å². The molecule has 7 heteroatoms. The highest BCUT2D eigenvalue weighted by atomic mass is 16.5. The lowest BCUT2D eigenvalue weighted by atomic mass is 9.81. The smallest absolute Gasteiger partial charge is 0.178 e. The number of Topliss-reactive ketones (excluding diaryl/α,β-unsaturated/α-hetero) is 2. The van der Waals surface area contributed by atoms with Gasteiger partial charge in [0.15, 0.2) is 29.2 Å². The first kappa shape index (κ1) is 17.8. The Bertz CT molecular complexity index is 1040. The van der Waals surface area contributed by atoms with Crippen LogP contribution in [0.4, 0.5) is 0 Å². The Hall–Kier alpha value is -3.22. The van der Waals surface area contributed by atoms with Crippen LogP contribution in [-0.4, -0.2) is 44.6 Å². The molecule has 0 N–H and O–H groups in total. The molecule has 0 saturated heterocycles. The zero-order valence-corrected chi connectivity index (χ0v) is 16.3. The number of hydrogen-bond acceptors (Lipinski definition) is 7. The molecule has 0 aliphatic carbocycles. The molecule has 0 saturated carbocycles. The molecule has 3 atom stereocenters. The highest BCUT2D eigenvalue weighted by Gasteiger charge is 2.45. The van der Waals surface area contributed by atoms with Gasteiger partial charge in [-0.1, -0.05) is 0 Å². The van der Waals surface area contributed by atoms with E-state index >= 15 is 0 Å². The van der Waals surface area contributed by atoms with Crippen LogP contribution < -0.4 is 23.7 Å². The Morgan fingerprint density at radius 2 is 1.83 bits per heavy atom. The van der Waals surface area contributed by atoms with Gasteiger partial charge in [0, 0.05) is 23.6 Å². The highest BCUT2D eigenvalue weighted by molar-refractivity contribution is 6.06. The van der Waals surface area contributed by atoms with Crippen molar-refractivity contribution in [1.29, 1.82) is 0 Å². The van der Waals surface area contributed by atoms with Crippen molar-refractivity contribution >= 4 is 11.6 Å². The minimum Gasteiger partial charge on any atom is -0.493 e. The molecule has 0 amide bonds. The molecule has 7 nitrogen and oxygen atoms in total. The molecule has 3 aliphatic heterocycles. The molecule has 0 unspecified atom stereocenters. The molecule has 0 bridgehead atoms. The molecule has 3 aliphatic rings. The number of rotatable bonds is 3. The summed E-state index contributed by atoms with van der Waals surface area (Å²) < 4.78 is 28.6. The molecular formula is C22H20O7. The maximum Gasteiger partial charge on any atom is 0.178 e. The first-order valence-corrected chi connectivity index (χ1v) is 9.44. The van der Waals surface area contributed by atoms with E-state index in [0.29, 0.717) is 46.3 Å². The lowest BCUT2D eigenvalue weighted by Gasteiger charge is -2.37. The third-order valence-corrected chi connectivity index (χ3v) is 5.77. The molecule has 3 heterocycles. The van der Waals surface area contributed by atoms with Crippen LogP contribution in [0.5, 0.6) is 28.7 Å². The van der Waals surface area contributed by atoms with Crippen LogP contribution in [0.2, 0.25) is 0 Å². The maximum absolute atomic E-state index is 13.5. The first-order chi connectivity index (χ1) is 14.0. The third-order valence-electron chi connectivity index (χ3n) is 5.77. The summed E-state index contributed by atoms with van der Waals surface area (Å²) in [7, 11) is 3.10. The van der Waals surface area contributed by atoms with Crippen LogP contribution in [0, 0.1) is 0 Å². The number of hydrogen-bond donors (Lipinski definition) is 0. The fraction of sp³-hybridized carbons (Fsp3) is 0.364. The molecule has 29 heavy (non-hydrogen) atoms. The first-order valence-electron chi connectivity index (χ1n) is 9.44. The summed E-state index contributed by atoms with van der Waals surface area (Å²) in [5, 5.41) is 0. The van der Waals surface area contributed by atoms with Crippen molar-refractivity contribution in [3.8, 4) is 28.7 Å². The second kappa shape index (κ2) is 6.40. The average Bonchev–Trinajstić information content (AvgIpc) is 3.17. The zero-order chi connectivity index (χ0) is 20.3. The van der Waals surface area contributed by atoms with Crippen molar-refractivity contribution < 1.29 is 33.3 Å². The minimum absolute atomic E-state index is 0.0397. The van der Waals surface area contributed by atoms with Gasteiger partial charge in [-0.05, 0) is 25.1 Å². The van der Waals surface area contributed by atoms with E-state index in [-0.39, 0.29) is 18.2 Å². The van der Waals surface area contributed by atoms with Crippen molar-refractivity contribution in [3.63, 3.8) is 0 Å². The summed E-state index contributed by atoms with van der Waals surface area (Å²) in [6, 6.07) is 6.97. The van der Waals surface area contributed by atoms with Crippen LogP contribution in [0.25, 0.3) is 0 Å². The van der Waals surface area contributed by atoms with E-state index < -0.39 is 18.1 Å². The Kier molecular flexibility index (Phi) is 3.94. The van der Waals surface area contributed by atoms with Gasteiger partial charge in [-0.2, -0.15) is 0 Å². The Morgan fingerprint density at radius 3 is 2.55 bits per heavy atom. The number of ether oxygens (including phenoxy) is 5. The van der Waals surface area contributed by atoms with Crippen LogP contribution in [-0.2, 0) is 11.2 Å². The van der Waals surface area contributed by atoms with E-state index in [1.807, 2.05) is 0 Å². The van der Waals surface area contributed by atoms with Gasteiger partial charge >= 0.3 is 0 Å². The van der Waals surface area contributed by atoms with E-state index in [1.165, 1.54) is 6.92 Å². The zero-order valence-electron chi connectivity index (χ0n) is 16.3. The van der Waals surface area contributed by atoms with Crippen LogP contribution in [0.15, 0.2) is 24.3 Å². The van der Waals surface area contributed by atoms with E-state index in [1.54, 1.807) is 38.5 Å². The van der Waals surface area contributed by atoms with E-state index in [4.69, 9.17) is 23.7 Å². The predicted octanol–water partition coefficient (Wildman–Crippen LogP) is 2.72. The van der Waals surface area contributed by atoms with Crippen molar-refractivity contribution in [3.05, 3.63) is 41.0 Å². The highest BCUT2D eigenvalue weighted by Crippen LogP contribution is 2.49. The normalized spacial score (nSPS) is 23.4. The molecule has 2 aromatic carbocycles. The lowest BCUT2D eigenvalue weighted by molar-refractivity contribution is -0.122.